The molecule has 2 heteroatoms. The lowest BCUT2D eigenvalue weighted by atomic mass is 9.92. The number of benzene rings is 1. The summed E-state index contributed by atoms with van der Waals surface area (Å²) >= 11 is 0. The van der Waals surface area contributed by atoms with Crippen molar-refractivity contribution >= 4 is 5.69 Å². The van der Waals surface area contributed by atoms with E-state index in [1.54, 1.807) is 0 Å². The zero-order valence-corrected chi connectivity index (χ0v) is 10.3. The van der Waals surface area contributed by atoms with E-state index in [1.807, 2.05) is 0 Å². The Bertz CT molecular complexity index is 310. The summed E-state index contributed by atoms with van der Waals surface area (Å²) in [5, 5.41) is 3.63. The number of nitrogens with zero attached hydrogens (tertiary/aromatic N) is 1. The van der Waals surface area contributed by atoms with Crippen LogP contribution in [0.5, 0.6) is 0 Å². The molecule has 0 amide bonds. The van der Waals surface area contributed by atoms with E-state index in [4.69, 9.17) is 0 Å². The molecule has 0 spiro atoms. The molecule has 1 aromatic rings. The fraction of sp³-hybridized carbons (Fsp3) is 0.571. The zero-order valence-electron chi connectivity index (χ0n) is 10.3. The summed E-state index contributed by atoms with van der Waals surface area (Å²) in [6, 6.07) is 11.3. The zero-order chi connectivity index (χ0) is 11.4. The molecular formula is C14H22N2. The Morgan fingerprint density at radius 3 is 2.75 bits per heavy atom. The van der Waals surface area contributed by atoms with Crippen LogP contribution in [0.1, 0.15) is 19.8 Å². The number of anilines is 1. The van der Waals surface area contributed by atoms with Crippen LogP contribution < -0.4 is 10.2 Å². The molecule has 2 atom stereocenters. The molecule has 1 fully saturated rings. The maximum absolute atomic E-state index is 3.63. The summed E-state index contributed by atoms with van der Waals surface area (Å²) in [6.07, 6.45) is 2.69. The minimum atomic E-state index is 0.638. The average Bonchev–Trinajstić information content (AvgIpc) is 2.33. The second-order valence-electron chi connectivity index (χ2n) is 4.90. The topological polar surface area (TPSA) is 15.3 Å². The van der Waals surface area contributed by atoms with E-state index in [2.05, 4.69) is 54.5 Å². The maximum Gasteiger partial charge on any atom is 0.0364 e. The van der Waals surface area contributed by atoms with Crippen molar-refractivity contribution in [1.29, 1.82) is 0 Å². The van der Waals surface area contributed by atoms with Crippen LogP contribution in [-0.4, -0.2) is 26.2 Å². The number of piperidine rings is 1. The summed E-state index contributed by atoms with van der Waals surface area (Å²) < 4.78 is 0. The highest BCUT2D eigenvalue weighted by molar-refractivity contribution is 5.45. The van der Waals surface area contributed by atoms with Gasteiger partial charge < -0.3 is 10.2 Å². The minimum absolute atomic E-state index is 0.638. The summed E-state index contributed by atoms with van der Waals surface area (Å²) in [5.74, 6) is 0.792. The number of hydrogen-bond acceptors (Lipinski definition) is 2. The van der Waals surface area contributed by atoms with E-state index in [0.717, 1.165) is 12.5 Å². The Kier molecular flexibility index (Phi) is 3.83. The van der Waals surface area contributed by atoms with Crippen LogP contribution in [-0.2, 0) is 0 Å². The highest BCUT2D eigenvalue weighted by Gasteiger charge is 2.21. The van der Waals surface area contributed by atoms with Gasteiger partial charge in [0.2, 0.25) is 0 Å². The molecule has 1 saturated heterocycles. The van der Waals surface area contributed by atoms with E-state index >= 15 is 0 Å². The Labute approximate surface area is 98.7 Å². The molecule has 0 radical (unpaired) electrons. The van der Waals surface area contributed by atoms with Crippen molar-refractivity contribution in [2.75, 3.05) is 25.0 Å². The molecule has 0 saturated carbocycles. The predicted octanol–water partition coefficient (Wildman–Crippen LogP) is 2.51. The van der Waals surface area contributed by atoms with Gasteiger partial charge in [-0.2, -0.15) is 0 Å². The van der Waals surface area contributed by atoms with Gasteiger partial charge in [0.05, 0.1) is 0 Å². The van der Waals surface area contributed by atoms with Gasteiger partial charge in [0.1, 0.15) is 0 Å². The third-order valence-corrected chi connectivity index (χ3v) is 3.60. The predicted molar refractivity (Wildman–Crippen MR) is 69.9 cm³/mol. The van der Waals surface area contributed by atoms with Gasteiger partial charge in [-0.25, -0.2) is 0 Å². The van der Waals surface area contributed by atoms with Gasteiger partial charge in [-0.1, -0.05) is 25.1 Å². The molecule has 88 valence electrons. The van der Waals surface area contributed by atoms with Crippen molar-refractivity contribution in [3.63, 3.8) is 0 Å². The summed E-state index contributed by atoms with van der Waals surface area (Å²) in [6.45, 7) is 4.64. The van der Waals surface area contributed by atoms with Crippen LogP contribution in [0.3, 0.4) is 0 Å². The SMILES string of the molecule is CC1CCCNC1CN(C)c1ccccc1. The molecule has 1 aliphatic rings. The first-order valence-corrected chi connectivity index (χ1v) is 6.27. The normalized spacial score (nSPS) is 25.4. The molecule has 2 unspecified atom stereocenters. The van der Waals surface area contributed by atoms with Gasteiger partial charge in [0.15, 0.2) is 0 Å². The largest absolute Gasteiger partial charge is 0.373 e. The second-order valence-corrected chi connectivity index (χ2v) is 4.90. The van der Waals surface area contributed by atoms with Crippen LogP contribution in [0.25, 0.3) is 0 Å². The lowest BCUT2D eigenvalue weighted by molar-refractivity contribution is 0.303. The van der Waals surface area contributed by atoms with Gasteiger partial charge in [-0.15, -0.1) is 0 Å². The first kappa shape index (κ1) is 11.5. The Balaban J connectivity index is 1.94. The number of likely N-dealkylation sites (N-methyl/N-ethyl adjacent to an activating group) is 1. The Hall–Kier alpha value is -1.02. The van der Waals surface area contributed by atoms with Crippen LogP contribution >= 0.6 is 0 Å². The summed E-state index contributed by atoms with van der Waals surface area (Å²) in [5.41, 5.74) is 1.31. The van der Waals surface area contributed by atoms with Crippen molar-refractivity contribution in [1.82, 2.24) is 5.32 Å². The molecule has 16 heavy (non-hydrogen) atoms. The molecule has 1 aliphatic heterocycles. The molecule has 0 aromatic heterocycles. The van der Waals surface area contributed by atoms with Crippen molar-refractivity contribution in [2.45, 2.75) is 25.8 Å². The first-order chi connectivity index (χ1) is 7.77. The maximum atomic E-state index is 3.63. The Morgan fingerprint density at radius 1 is 1.31 bits per heavy atom. The molecule has 2 nitrogen and oxygen atoms in total. The summed E-state index contributed by atoms with van der Waals surface area (Å²) in [7, 11) is 2.18. The van der Waals surface area contributed by atoms with E-state index in [-0.39, 0.29) is 0 Å². The van der Waals surface area contributed by atoms with Crippen LogP contribution in [0.4, 0.5) is 5.69 Å². The van der Waals surface area contributed by atoms with E-state index in [0.29, 0.717) is 6.04 Å². The molecule has 1 aromatic carbocycles. The van der Waals surface area contributed by atoms with Crippen molar-refractivity contribution in [3.8, 4) is 0 Å². The van der Waals surface area contributed by atoms with E-state index < -0.39 is 0 Å². The van der Waals surface area contributed by atoms with Gasteiger partial charge in [0.25, 0.3) is 0 Å². The lowest BCUT2D eigenvalue weighted by Gasteiger charge is -2.34. The van der Waals surface area contributed by atoms with Crippen LogP contribution in [0.15, 0.2) is 30.3 Å². The lowest BCUT2D eigenvalue weighted by Crippen LogP contribution is -2.47. The third kappa shape index (κ3) is 2.76. The molecule has 1 N–H and O–H groups in total. The van der Waals surface area contributed by atoms with Gasteiger partial charge in [-0.3, -0.25) is 0 Å². The number of para-hydroxylation sites is 1. The number of hydrogen-bond donors (Lipinski definition) is 1. The molecule has 0 aliphatic carbocycles. The van der Waals surface area contributed by atoms with Gasteiger partial charge >= 0.3 is 0 Å². The van der Waals surface area contributed by atoms with Crippen molar-refractivity contribution in [2.24, 2.45) is 5.92 Å². The van der Waals surface area contributed by atoms with Gasteiger partial charge in [0, 0.05) is 25.3 Å². The number of nitrogens with one attached hydrogen (secondary N) is 1. The molecule has 1 heterocycles. The fourth-order valence-corrected chi connectivity index (χ4v) is 2.44. The number of rotatable bonds is 3. The highest BCUT2D eigenvalue weighted by Crippen LogP contribution is 2.18. The monoisotopic (exact) mass is 218 g/mol. The van der Waals surface area contributed by atoms with Gasteiger partial charge in [-0.05, 0) is 37.4 Å². The summed E-state index contributed by atoms with van der Waals surface area (Å²) in [4.78, 5) is 2.35. The molecular weight excluding hydrogens is 196 g/mol. The molecule has 0 bridgehead atoms. The standard InChI is InChI=1S/C14H22N2/c1-12-7-6-10-15-14(12)11-16(2)13-8-4-3-5-9-13/h3-5,8-9,12,14-15H,6-7,10-11H2,1-2H3. The van der Waals surface area contributed by atoms with E-state index in [9.17, 15) is 0 Å². The minimum Gasteiger partial charge on any atom is -0.373 e. The quantitative estimate of drug-likeness (QED) is 0.838. The molecule has 2 rings (SSSR count). The van der Waals surface area contributed by atoms with Crippen LogP contribution in [0, 0.1) is 5.92 Å². The van der Waals surface area contributed by atoms with Crippen LogP contribution in [0.2, 0.25) is 0 Å². The fourth-order valence-electron chi connectivity index (χ4n) is 2.44. The third-order valence-electron chi connectivity index (χ3n) is 3.60. The second kappa shape index (κ2) is 5.35. The van der Waals surface area contributed by atoms with Crippen molar-refractivity contribution < 1.29 is 0 Å². The highest BCUT2D eigenvalue weighted by atomic mass is 15.1. The average molecular weight is 218 g/mol. The van der Waals surface area contributed by atoms with Crippen molar-refractivity contribution in [3.05, 3.63) is 30.3 Å². The first-order valence-electron chi connectivity index (χ1n) is 6.27. The van der Waals surface area contributed by atoms with E-state index in [1.165, 1.54) is 25.1 Å². The Morgan fingerprint density at radius 2 is 2.06 bits per heavy atom. The smallest absolute Gasteiger partial charge is 0.0364 e.